The Morgan fingerprint density at radius 3 is 2.12 bits per heavy atom. The minimum atomic E-state index is -0.486. The van der Waals surface area contributed by atoms with Gasteiger partial charge in [0.2, 0.25) is 0 Å². The molecule has 7 heteroatoms. The average molecular weight is 436 g/mol. The molecule has 2 atom stereocenters. The summed E-state index contributed by atoms with van der Waals surface area (Å²) in [4.78, 5) is 0. The molecule has 0 bridgehead atoms. The van der Waals surface area contributed by atoms with E-state index in [0.717, 1.165) is 16.7 Å². The molecule has 4 N–H and O–H groups in total. The number of phenols is 3. The summed E-state index contributed by atoms with van der Waals surface area (Å²) >= 11 is 0. The van der Waals surface area contributed by atoms with Crippen LogP contribution >= 0.6 is 0 Å². The van der Waals surface area contributed by atoms with Gasteiger partial charge in [-0.15, -0.1) is 0 Å². The lowest BCUT2D eigenvalue weighted by atomic mass is 9.90. The molecule has 1 aliphatic heterocycles. The zero-order valence-electron chi connectivity index (χ0n) is 17.6. The largest absolute Gasteiger partial charge is 0.508 e. The Kier molecular flexibility index (Phi) is 5.83. The number of aliphatic hydroxyl groups is 1. The molecule has 1 aliphatic rings. The van der Waals surface area contributed by atoms with Crippen LogP contribution in [0.3, 0.4) is 0 Å². The lowest BCUT2D eigenvalue weighted by molar-refractivity contribution is 0.157. The minimum absolute atomic E-state index is 0.0234. The van der Waals surface area contributed by atoms with E-state index in [9.17, 15) is 20.4 Å². The van der Waals surface area contributed by atoms with Crippen LogP contribution in [0.2, 0.25) is 0 Å². The number of methoxy groups -OCH3 is 2. The van der Waals surface area contributed by atoms with Crippen LogP contribution < -0.4 is 14.2 Å². The number of aliphatic hydroxyl groups excluding tert-OH is 1. The van der Waals surface area contributed by atoms with Gasteiger partial charge in [-0.2, -0.15) is 0 Å². The summed E-state index contributed by atoms with van der Waals surface area (Å²) in [6.45, 7) is -0.155. The van der Waals surface area contributed by atoms with E-state index in [4.69, 9.17) is 14.2 Å². The molecule has 0 saturated heterocycles. The van der Waals surface area contributed by atoms with Gasteiger partial charge < -0.3 is 34.6 Å². The van der Waals surface area contributed by atoms with E-state index in [1.165, 1.54) is 31.4 Å². The van der Waals surface area contributed by atoms with Crippen molar-refractivity contribution in [1.29, 1.82) is 0 Å². The fourth-order valence-electron chi connectivity index (χ4n) is 3.94. The summed E-state index contributed by atoms with van der Waals surface area (Å²) in [5.41, 5.74) is 2.98. The van der Waals surface area contributed by atoms with Gasteiger partial charge in [0.1, 0.15) is 17.6 Å². The first-order chi connectivity index (χ1) is 15.4. The molecule has 7 nitrogen and oxygen atoms in total. The molecule has 32 heavy (non-hydrogen) atoms. The van der Waals surface area contributed by atoms with Crippen LogP contribution in [0, 0.1) is 0 Å². The first-order valence-electron chi connectivity index (χ1n) is 10.0. The van der Waals surface area contributed by atoms with Gasteiger partial charge in [-0.3, -0.25) is 0 Å². The summed E-state index contributed by atoms with van der Waals surface area (Å²) in [6.07, 6.45) is 3.09. The third-order valence-electron chi connectivity index (χ3n) is 5.46. The molecule has 0 unspecified atom stereocenters. The van der Waals surface area contributed by atoms with Gasteiger partial charge in [-0.05, 0) is 53.1 Å². The number of phenolic OH excluding ortho intramolecular Hbond substituents is 3. The van der Waals surface area contributed by atoms with E-state index in [1.807, 2.05) is 18.2 Å². The van der Waals surface area contributed by atoms with Crippen molar-refractivity contribution in [3.8, 4) is 34.5 Å². The topological polar surface area (TPSA) is 109 Å². The molecule has 0 radical (unpaired) electrons. The fourth-order valence-corrected chi connectivity index (χ4v) is 3.94. The maximum Gasteiger partial charge on any atom is 0.165 e. The van der Waals surface area contributed by atoms with Crippen LogP contribution in [0.15, 0.2) is 48.5 Å². The molecule has 3 aromatic rings. The molecule has 1 heterocycles. The molecule has 0 amide bonds. The van der Waals surface area contributed by atoms with Crippen LogP contribution in [0.1, 0.15) is 34.3 Å². The maximum atomic E-state index is 10.2. The van der Waals surface area contributed by atoms with Crippen molar-refractivity contribution in [2.45, 2.75) is 12.0 Å². The van der Waals surface area contributed by atoms with Gasteiger partial charge in [0.25, 0.3) is 0 Å². The zero-order chi connectivity index (χ0) is 22.8. The first kappa shape index (κ1) is 21.4. The number of aromatic hydroxyl groups is 3. The van der Waals surface area contributed by atoms with Crippen LogP contribution in [0.25, 0.3) is 12.2 Å². The summed E-state index contributed by atoms with van der Waals surface area (Å²) in [7, 11) is 3.02. The molecular weight excluding hydrogens is 412 g/mol. The Morgan fingerprint density at radius 1 is 0.844 bits per heavy atom. The second-order valence-corrected chi connectivity index (χ2v) is 7.52. The number of ether oxygens (including phenoxy) is 3. The van der Waals surface area contributed by atoms with E-state index >= 15 is 0 Å². The highest BCUT2D eigenvalue weighted by molar-refractivity contribution is 5.73. The Morgan fingerprint density at radius 2 is 1.50 bits per heavy atom. The number of fused-ring (bicyclic) bond motifs is 1. The second kappa shape index (κ2) is 8.72. The van der Waals surface area contributed by atoms with Crippen molar-refractivity contribution in [2.75, 3.05) is 20.8 Å². The predicted molar refractivity (Wildman–Crippen MR) is 120 cm³/mol. The molecule has 4 rings (SSSR count). The van der Waals surface area contributed by atoms with Gasteiger partial charge in [0.05, 0.1) is 26.7 Å². The van der Waals surface area contributed by atoms with Gasteiger partial charge in [-0.25, -0.2) is 0 Å². The van der Waals surface area contributed by atoms with E-state index in [0.29, 0.717) is 22.8 Å². The molecule has 166 valence electrons. The number of benzene rings is 3. The van der Waals surface area contributed by atoms with Crippen molar-refractivity contribution in [1.82, 2.24) is 0 Å². The van der Waals surface area contributed by atoms with Crippen molar-refractivity contribution in [2.24, 2.45) is 0 Å². The highest BCUT2D eigenvalue weighted by Crippen LogP contribution is 2.51. The standard InChI is InChI=1S/C25H24O7/c1-30-22-11-16(5-6-21(22)29)24-20(13-26)19-9-15(10-23(31-2)25(19)32-24)4-3-14-7-17(27)12-18(28)8-14/h3-12,20,24,26-29H,13H2,1-2H3/t20-,24+/m1/s1. The molecular formula is C25H24O7. The van der Waals surface area contributed by atoms with E-state index in [-0.39, 0.29) is 29.8 Å². The fraction of sp³-hybridized carbons (Fsp3) is 0.200. The predicted octanol–water partition coefficient (Wildman–Crippen LogP) is 4.20. The van der Waals surface area contributed by atoms with Crippen molar-refractivity contribution in [3.63, 3.8) is 0 Å². The van der Waals surface area contributed by atoms with Gasteiger partial charge >= 0.3 is 0 Å². The summed E-state index contributed by atoms with van der Waals surface area (Å²) in [5, 5.41) is 39.4. The lowest BCUT2D eigenvalue weighted by Crippen LogP contribution is -2.13. The minimum Gasteiger partial charge on any atom is -0.508 e. The lowest BCUT2D eigenvalue weighted by Gasteiger charge is -2.18. The average Bonchev–Trinajstić information content (AvgIpc) is 3.15. The van der Waals surface area contributed by atoms with Gasteiger partial charge in [0, 0.05) is 11.6 Å². The number of hydrogen-bond donors (Lipinski definition) is 4. The summed E-state index contributed by atoms with van der Waals surface area (Å²) in [6, 6.07) is 13.0. The Labute approximate surface area is 185 Å². The first-order valence-corrected chi connectivity index (χ1v) is 10.0. The third-order valence-corrected chi connectivity index (χ3v) is 5.46. The van der Waals surface area contributed by atoms with Crippen molar-refractivity contribution >= 4 is 12.2 Å². The zero-order valence-corrected chi connectivity index (χ0v) is 17.6. The van der Waals surface area contributed by atoms with E-state index in [2.05, 4.69) is 0 Å². The number of rotatable bonds is 6. The molecule has 0 spiro atoms. The second-order valence-electron chi connectivity index (χ2n) is 7.52. The molecule has 0 fully saturated rings. The Balaban J connectivity index is 1.71. The van der Waals surface area contributed by atoms with E-state index < -0.39 is 6.10 Å². The van der Waals surface area contributed by atoms with Crippen LogP contribution in [-0.2, 0) is 0 Å². The Bertz CT molecular complexity index is 1150. The maximum absolute atomic E-state index is 10.2. The highest BCUT2D eigenvalue weighted by atomic mass is 16.5. The number of hydrogen-bond acceptors (Lipinski definition) is 7. The molecule has 3 aromatic carbocycles. The normalized spacial score (nSPS) is 17.2. The SMILES string of the molecule is COc1cc([C@@H]2Oc3c(OC)cc(C=Cc4cc(O)cc(O)c4)cc3[C@H]2CO)ccc1O. The van der Waals surface area contributed by atoms with Crippen LogP contribution in [-0.4, -0.2) is 41.3 Å². The Hall–Kier alpha value is -3.84. The van der Waals surface area contributed by atoms with Crippen molar-refractivity contribution < 1.29 is 34.6 Å². The van der Waals surface area contributed by atoms with E-state index in [1.54, 1.807) is 25.3 Å². The molecule has 0 aromatic heterocycles. The summed E-state index contributed by atoms with van der Waals surface area (Å²) < 4.78 is 16.9. The smallest absolute Gasteiger partial charge is 0.165 e. The monoisotopic (exact) mass is 436 g/mol. The third kappa shape index (κ3) is 4.02. The highest BCUT2D eigenvalue weighted by Gasteiger charge is 2.37. The van der Waals surface area contributed by atoms with Gasteiger partial charge in [0.15, 0.2) is 23.0 Å². The van der Waals surface area contributed by atoms with Crippen LogP contribution in [0.5, 0.6) is 34.5 Å². The molecule has 0 aliphatic carbocycles. The van der Waals surface area contributed by atoms with Crippen molar-refractivity contribution in [3.05, 3.63) is 70.8 Å². The quantitative estimate of drug-likeness (QED) is 0.429. The van der Waals surface area contributed by atoms with Crippen LogP contribution in [0.4, 0.5) is 0 Å². The summed E-state index contributed by atoms with van der Waals surface area (Å²) in [5.74, 6) is 1.00. The van der Waals surface area contributed by atoms with Gasteiger partial charge in [-0.1, -0.05) is 18.2 Å². The molecule has 0 saturated carbocycles.